The monoisotopic (exact) mass is 291 g/mol. The van der Waals surface area contributed by atoms with E-state index in [1.807, 2.05) is 24.3 Å². The highest BCUT2D eigenvalue weighted by Crippen LogP contribution is 2.24. The maximum absolute atomic E-state index is 9.39. The first-order chi connectivity index (χ1) is 9.60. The fraction of sp³-hybridized carbons (Fsp3) is 0.250. The van der Waals surface area contributed by atoms with Crippen LogP contribution in [0.2, 0.25) is 5.02 Å². The van der Waals surface area contributed by atoms with Gasteiger partial charge in [-0.15, -0.1) is 0 Å². The molecule has 0 bridgehead atoms. The SMILES string of the molecule is COc1cccc(C(C)NCc2ccc(O)c(Cl)c2)c1. The predicted octanol–water partition coefficient (Wildman–Crippen LogP) is 3.91. The van der Waals surface area contributed by atoms with E-state index < -0.39 is 0 Å². The minimum Gasteiger partial charge on any atom is -0.506 e. The van der Waals surface area contributed by atoms with Crippen LogP contribution >= 0.6 is 11.6 Å². The summed E-state index contributed by atoms with van der Waals surface area (Å²) in [6.45, 7) is 2.77. The Hall–Kier alpha value is -1.71. The lowest BCUT2D eigenvalue weighted by Crippen LogP contribution is -2.18. The number of halogens is 1. The molecule has 0 aliphatic carbocycles. The third kappa shape index (κ3) is 3.65. The van der Waals surface area contributed by atoms with Gasteiger partial charge in [0.2, 0.25) is 0 Å². The van der Waals surface area contributed by atoms with Crippen molar-refractivity contribution in [3.63, 3.8) is 0 Å². The van der Waals surface area contributed by atoms with Crippen molar-refractivity contribution in [2.24, 2.45) is 0 Å². The van der Waals surface area contributed by atoms with Crippen LogP contribution < -0.4 is 10.1 Å². The normalized spacial score (nSPS) is 12.2. The molecule has 2 N–H and O–H groups in total. The zero-order valence-corrected chi connectivity index (χ0v) is 12.3. The van der Waals surface area contributed by atoms with Gasteiger partial charge in [0.15, 0.2) is 0 Å². The van der Waals surface area contributed by atoms with Crippen molar-refractivity contribution in [3.8, 4) is 11.5 Å². The number of benzene rings is 2. The molecular formula is C16H18ClNO2. The Morgan fingerprint density at radius 1 is 1.25 bits per heavy atom. The molecule has 0 saturated carbocycles. The Morgan fingerprint density at radius 3 is 2.75 bits per heavy atom. The van der Waals surface area contributed by atoms with Crippen LogP contribution in [0, 0.1) is 0 Å². The lowest BCUT2D eigenvalue weighted by atomic mass is 10.1. The number of methoxy groups -OCH3 is 1. The molecule has 0 heterocycles. The first-order valence-corrected chi connectivity index (χ1v) is 6.82. The number of aromatic hydroxyl groups is 1. The molecule has 0 radical (unpaired) electrons. The van der Waals surface area contributed by atoms with Crippen molar-refractivity contribution in [1.29, 1.82) is 0 Å². The van der Waals surface area contributed by atoms with Gasteiger partial charge in [0.25, 0.3) is 0 Å². The lowest BCUT2D eigenvalue weighted by Gasteiger charge is -2.15. The molecule has 106 valence electrons. The van der Waals surface area contributed by atoms with Crippen molar-refractivity contribution in [3.05, 3.63) is 58.6 Å². The second kappa shape index (κ2) is 6.64. The summed E-state index contributed by atoms with van der Waals surface area (Å²) < 4.78 is 5.22. The summed E-state index contributed by atoms with van der Waals surface area (Å²) >= 11 is 5.89. The Morgan fingerprint density at radius 2 is 2.05 bits per heavy atom. The van der Waals surface area contributed by atoms with Gasteiger partial charge in [-0.25, -0.2) is 0 Å². The van der Waals surface area contributed by atoms with Crippen LogP contribution in [0.25, 0.3) is 0 Å². The zero-order valence-electron chi connectivity index (χ0n) is 11.6. The van der Waals surface area contributed by atoms with Crippen LogP contribution in [0.3, 0.4) is 0 Å². The number of nitrogens with one attached hydrogen (secondary N) is 1. The van der Waals surface area contributed by atoms with E-state index in [0.717, 1.165) is 16.9 Å². The number of rotatable bonds is 5. The Labute approximate surface area is 124 Å². The summed E-state index contributed by atoms with van der Waals surface area (Å²) in [6.07, 6.45) is 0. The van der Waals surface area contributed by atoms with Crippen molar-refractivity contribution in [1.82, 2.24) is 5.32 Å². The van der Waals surface area contributed by atoms with Crippen molar-refractivity contribution >= 4 is 11.6 Å². The van der Waals surface area contributed by atoms with Gasteiger partial charge < -0.3 is 15.2 Å². The van der Waals surface area contributed by atoms with E-state index in [2.05, 4.69) is 18.3 Å². The lowest BCUT2D eigenvalue weighted by molar-refractivity contribution is 0.413. The van der Waals surface area contributed by atoms with Gasteiger partial charge in [0.1, 0.15) is 11.5 Å². The number of phenolic OH excluding ortho intramolecular Hbond substituents is 1. The summed E-state index contributed by atoms with van der Waals surface area (Å²) in [5.74, 6) is 0.958. The second-order valence-corrected chi connectivity index (χ2v) is 5.07. The van der Waals surface area contributed by atoms with E-state index in [0.29, 0.717) is 11.6 Å². The molecule has 2 aromatic carbocycles. The molecule has 1 unspecified atom stereocenters. The fourth-order valence-corrected chi connectivity index (χ4v) is 2.16. The topological polar surface area (TPSA) is 41.5 Å². The minimum absolute atomic E-state index is 0.108. The molecular weight excluding hydrogens is 274 g/mol. The number of ether oxygens (including phenoxy) is 1. The third-order valence-corrected chi connectivity index (χ3v) is 3.52. The molecule has 20 heavy (non-hydrogen) atoms. The maximum Gasteiger partial charge on any atom is 0.134 e. The molecule has 0 aliphatic heterocycles. The molecule has 0 aliphatic rings. The Balaban J connectivity index is 2.00. The van der Waals surface area contributed by atoms with Gasteiger partial charge in [0, 0.05) is 12.6 Å². The number of phenols is 1. The third-order valence-electron chi connectivity index (χ3n) is 3.22. The van der Waals surface area contributed by atoms with Gasteiger partial charge in [-0.05, 0) is 42.3 Å². The first-order valence-electron chi connectivity index (χ1n) is 6.45. The quantitative estimate of drug-likeness (QED) is 0.878. The summed E-state index contributed by atoms with van der Waals surface area (Å²) in [7, 11) is 1.66. The molecule has 2 rings (SSSR count). The molecule has 0 aromatic heterocycles. The van der Waals surface area contributed by atoms with Crippen LogP contribution in [0.4, 0.5) is 0 Å². The average Bonchev–Trinajstić information content (AvgIpc) is 2.48. The van der Waals surface area contributed by atoms with Gasteiger partial charge in [-0.2, -0.15) is 0 Å². The molecule has 4 heteroatoms. The summed E-state index contributed by atoms with van der Waals surface area (Å²) in [5.41, 5.74) is 2.19. The molecule has 0 spiro atoms. The fourth-order valence-electron chi connectivity index (χ4n) is 1.96. The smallest absolute Gasteiger partial charge is 0.134 e. The predicted molar refractivity (Wildman–Crippen MR) is 81.4 cm³/mol. The van der Waals surface area contributed by atoms with Gasteiger partial charge in [-0.3, -0.25) is 0 Å². The Bertz CT molecular complexity index is 586. The zero-order chi connectivity index (χ0) is 14.5. The van der Waals surface area contributed by atoms with E-state index in [4.69, 9.17) is 16.3 Å². The second-order valence-electron chi connectivity index (χ2n) is 4.66. The molecule has 0 amide bonds. The van der Waals surface area contributed by atoms with E-state index >= 15 is 0 Å². The van der Waals surface area contributed by atoms with Crippen LogP contribution in [-0.2, 0) is 6.54 Å². The van der Waals surface area contributed by atoms with Gasteiger partial charge in [-0.1, -0.05) is 29.8 Å². The molecule has 0 fully saturated rings. The highest BCUT2D eigenvalue weighted by molar-refractivity contribution is 6.32. The van der Waals surface area contributed by atoms with E-state index in [-0.39, 0.29) is 11.8 Å². The van der Waals surface area contributed by atoms with Gasteiger partial charge >= 0.3 is 0 Å². The molecule has 3 nitrogen and oxygen atoms in total. The standard InChI is InChI=1S/C16H18ClNO2/c1-11(13-4-3-5-14(9-13)20-2)18-10-12-6-7-16(19)15(17)8-12/h3-9,11,18-19H,10H2,1-2H3. The van der Waals surface area contributed by atoms with Crippen molar-refractivity contribution in [2.75, 3.05) is 7.11 Å². The largest absolute Gasteiger partial charge is 0.506 e. The van der Waals surface area contributed by atoms with Crippen molar-refractivity contribution < 1.29 is 9.84 Å². The first kappa shape index (κ1) is 14.7. The van der Waals surface area contributed by atoms with E-state index in [1.165, 1.54) is 0 Å². The summed E-state index contributed by atoms with van der Waals surface area (Å²) in [5, 5.41) is 13.2. The maximum atomic E-state index is 9.39. The van der Waals surface area contributed by atoms with Crippen molar-refractivity contribution in [2.45, 2.75) is 19.5 Å². The highest BCUT2D eigenvalue weighted by Gasteiger charge is 2.07. The number of hydrogen-bond donors (Lipinski definition) is 2. The summed E-state index contributed by atoms with van der Waals surface area (Å²) in [4.78, 5) is 0. The van der Waals surface area contributed by atoms with Gasteiger partial charge in [0.05, 0.1) is 12.1 Å². The summed E-state index contributed by atoms with van der Waals surface area (Å²) in [6, 6.07) is 13.4. The molecule has 1 atom stereocenters. The minimum atomic E-state index is 0.108. The number of hydrogen-bond acceptors (Lipinski definition) is 3. The van der Waals surface area contributed by atoms with Crippen LogP contribution in [0.15, 0.2) is 42.5 Å². The molecule has 0 saturated heterocycles. The van der Waals surface area contributed by atoms with E-state index in [9.17, 15) is 5.11 Å². The van der Waals surface area contributed by atoms with Crippen LogP contribution in [0.5, 0.6) is 11.5 Å². The van der Waals surface area contributed by atoms with Crippen LogP contribution in [0.1, 0.15) is 24.1 Å². The average molecular weight is 292 g/mol. The van der Waals surface area contributed by atoms with Crippen LogP contribution in [-0.4, -0.2) is 12.2 Å². The molecule has 2 aromatic rings. The highest BCUT2D eigenvalue weighted by atomic mass is 35.5. The Kier molecular flexibility index (Phi) is 4.88. The van der Waals surface area contributed by atoms with E-state index in [1.54, 1.807) is 19.2 Å².